The van der Waals surface area contributed by atoms with E-state index in [9.17, 15) is 9.90 Å². The molecule has 0 bridgehead atoms. The molecule has 2 rings (SSSR count). The fraction of sp³-hybridized carbons (Fsp3) is 0.696. The summed E-state index contributed by atoms with van der Waals surface area (Å²) in [5.74, 6) is 1.35. The van der Waals surface area contributed by atoms with Crippen LogP contribution in [0.25, 0.3) is 0 Å². The van der Waals surface area contributed by atoms with Crippen LogP contribution in [0.3, 0.4) is 0 Å². The Bertz CT molecular complexity index is 710. The van der Waals surface area contributed by atoms with E-state index in [1.807, 2.05) is 19.1 Å². The van der Waals surface area contributed by atoms with Gasteiger partial charge in [0.25, 0.3) is 0 Å². The zero-order valence-corrected chi connectivity index (χ0v) is 19.4. The van der Waals surface area contributed by atoms with Crippen molar-refractivity contribution >= 4 is 17.7 Å². The lowest BCUT2D eigenvalue weighted by Crippen LogP contribution is -2.47. The molecule has 1 aliphatic heterocycles. The van der Waals surface area contributed by atoms with Gasteiger partial charge in [-0.3, -0.25) is 4.79 Å². The molecule has 1 aromatic heterocycles. The number of pyridine rings is 1. The third kappa shape index (κ3) is 7.69. The van der Waals surface area contributed by atoms with Crippen molar-refractivity contribution in [3.63, 3.8) is 0 Å². The minimum Gasteiger partial charge on any atom is -0.388 e. The number of primary amides is 1. The van der Waals surface area contributed by atoms with Crippen molar-refractivity contribution in [2.24, 2.45) is 16.6 Å². The van der Waals surface area contributed by atoms with Gasteiger partial charge in [0, 0.05) is 43.9 Å². The first kappa shape index (κ1) is 24.9. The molecule has 0 aromatic carbocycles. The van der Waals surface area contributed by atoms with Crippen molar-refractivity contribution < 1.29 is 9.90 Å². The molecule has 1 aromatic rings. The number of nitrogens with one attached hydrogen (secondary N) is 2. The second-order valence-corrected chi connectivity index (χ2v) is 8.42. The van der Waals surface area contributed by atoms with E-state index >= 15 is 0 Å². The van der Waals surface area contributed by atoms with Gasteiger partial charge in [0.15, 0.2) is 5.96 Å². The number of aromatic nitrogens is 1. The van der Waals surface area contributed by atoms with Gasteiger partial charge < -0.3 is 26.4 Å². The molecule has 2 heterocycles. The molecule has 8 heteroatoms. The van der Waals surface area contributed by atoms with Crippen molar-refractivity contribution in [2.45, 2.75) is 71.4 Å². The van der Waals surface area contributed by atoms with Crippen molar-refractivity contribution in [3.8, 4) is 0 Å². The van der Waals surface area contributed by atoms with Crippen LogP contribution in [0.4, 0.5) is 5.82 Å². The molecule has 0 atom stereocenters. The molecule has 31 heavy (non-hydrogen) atoms. The molecule has 1 amide bonds. The summed E-state index contributed by atoms with van der Waals surface area (Å²) in [7, 11) is 0. The zero-order chi connectivity index (χ0) is 22.7. The quantitative estimate of drug-likeness (QED) is 0.315. The number of amides is 1. The monoisotopic (exact) mass is 432 g/mol. The van der Waals surface area contributed by atoms with Crippen LogP contribution >= 0.6 is 0 Å². The predicted octanol–water partition coefficient (Wildman–Crippen LogP) is 2.17. The smallest absolute Gasteiger partial charge is 0.220 e. The Kier molecular flexibility index (Phi) is 10.0. The van der Waals surface area contributed by atoms with Crippen LogP contribution in [0.15, 0.2) is 23.3 Å². The van der Waals surface area contributed by atoms with Crippen molar-refractivity contribution in [2.75, 3.05) is 31.1 Å². The number of aliphatic imine (C=N–C) groups is 1. The molecule has 1 aliphatic rings. The van der Waals surface area contributed by atoms with Crippen LogP contribution in [0.2, 0.25) is 0 Å². The number of rotatable bonds is 11. The fourth-order valence-electron chi connectivity index (χ4n) is 4.20. The number of nitrogens with two attached hydrogens (primary N) is 1. The van der Waals surface area contributed by atoms with E-state index in [-0.39, 0.29) is 11.8 Å². The predicted molar refractivity (Wildman–Crippen MR) is 126 cm³/mol. The normalized spacial score (nSPS) is 15.7. The van der Waals surface area contributed by atoms with Crippen LogP contribution in [0, 0.1) is 5.92 Å². The number of hydrogen-bond acceptors (Lipinski definition) is 5. The SMILES string of the molecule is CCCC(O)(CCC)CNC(=NCc1cccnc1N1CCC(C(N)=O)CC1)NCC. The average molecular weight is 433 g/mol. The highest BCUT2D eigenvalue weighted by molar-refractivity contribution is 5.80. The Balaban J connectivity index is 2.06. The minimum atomic E-state index is -0.718. The Labute approximate surface area is 186 Å². The van der Waals surface area contributed by atoms with Crippen LogP contribution in [0.1, 0.15) is 64.9 Å². The van der Waals surface area contributed by atoms with Gasteiger partial charge in [-0.05, 0) is 38.7 Å². The second-order valence-electron chi connectivity index (χ2n) is 8.42. The van der Waals surface area contributed by atoms with E-state index in [1.54, 1.807) is 6.20 Å². The first-order valence-electron chi connectivity index (χ1n) is 11.6. The molecular formula is C23H40N6O2. The summed E-state index contributed by atoms with van der Waals surface area (Å²) < 4.78 is 0. The molecule has 5 N–H and O–H groups in total. The maximum atomic E-state index is 11.5. The summed E-state index contributed by atoms with van der Waals surface area (Å²) in [5.41, 5.74) is 5.78. The van der Waals surface area contributed by atoms with E-state index in [0.717, 1.165) is 69.5 Å². The maximum Gasteiger partial charge on any atom is 0.220 e. The first-order valence-corrected chi connectivity index (χ1v) is 11.6. The van der Waals surface area contributed by atoms with Gasteiger partial charge in [-0.2, -0.15) is 0 Å². The van der Waals surface area contributed by atoms with Gasteiger partial charge in [-0.15, -0.1) is 0 Å². The molecule has 0 saturated carbocycles. The molecule has 8 nitrogen and oxygen atoms in total. The fourth-order valence-corrected chi connectivity index (χ4v) is 4.20. The highest BCUT2D eigenvalue weighted by Crippen LogP contribution is 2.25. The van der Waals surface area contributed by atoms with Gasteiger partial charge in [-0.25, -0.2) is 9.98 Å². The molecule has 1 fully saturated rings. The van der Waals surface area contributed by atoms with Gasteiger partial charge in [0.2, 0.25) is 5.91 Å². The molecule has 174 valence electrons. The van der Waals surface area contributed by atoms with Crippen molar-refractivity contribution in [1.29, 1.82) is 0 Å². The van der Waals surface area contributed by atoms with Crippen molar-refractivity contribution in [1.82, 2.24) is 15.6 Å². The number of aliphatic hydroxyl groups is 1. The van der Waals surface area contributed by atoms with Gasteiger partial charge in [0.1, 0.15) is 5.82 Å². The molecule has 0 spiro atoms. The van der Waals surface area contributed by atoms with Crippen LogP contribution in [-0.2, 0) is 11.3 Å². The van der Waals surface area contributed by atoms with Crippen molar-refractivity contribution in [3.05, 3.63) is 23.9 Å². The number of carbonyl (C=O) groups is 1. The lowest BCUT2D eigenvalue weighted by molar-refractivity contribution is -0.122. The largest absolute Gasteiger partial charge is 0.388 e. The first-order chi connectivity index (χ1) is 14.9. The Morgan fingerprint density at radius 3 is 2.52 bits per heavy atom. The summed E-state index contributed by atoms with van der Waals surface area (Å²) in [6.45, 7) is 9.44. The maximum absolute atomic E-state index is 11.5. The van der Waals surface area contributed by atoms with E-state index in [4.69, 9.17) is 10.7 Å². The lowest BCUT2D eigenvalue weighted by atomic mass is 9.93. The molecule has 0 radical (unpaired) electrons. The summed E-state index contributed by atoms with van der Waals surface area (Å²) in [6, 6.07) is 3.96. The topological polar surface area (TPSA) is 116 Å². The lowest BCUT2D eigenvalue weighted by Gasteiger charge is -2.32. The minimum absolute atomic E-state index is 0.0454. The zero-order valence-electron chi connectivity index (χ0n) is 19.4. The van der Waals surface area contributed by atoms with Crippen LogP contribution in [-0.4, -0.2) is 53.7 Å². The summed E-state index contributed by atoms with van der Waals surface area (Å²) in [5, 5.41) is 17.5. The Hall–Kier alpha value is -2.35. The number of carbonyl (C=O) groups excluding carboxylic acids is 1. The number of hydrogen-bond donors (Lipinski definition) is 4. The number of guanidine groups is 1. The molecule has 1 saturated heterocycles. The molecular weight excluding hydrogens is 392 g/mol. The summed E-state index contributed by atoms with van der Waals surface area (Å²) in [4.78, 5) is 23.0. The van der Waals surface area contributed by atoms with E-state index < -0.39 is 5.60 Å². The van der Waals surface area contributed by atoms with Crippen LogP contribution in [0.5, 0.6) is 0 Å². The molecule has 0 unspecified atom stereocenters. The van der Waals surface area contributed by atoms with E-state index in [1.165, 1.54) is 0 Å². The van der Waals surface area contributed by atoms with Crippen LogP contribution < -0.4 is 21.3 Å². The Morgan fingerprint density at radius 1 is 1.26 bits per heavy atom. The standard InChI is InChI=1S/C23H40N6O2/c1-4-11-23(31,12-5-2)17-28-22(25-6-3)27-16-19-8-7-13-26-21(19)29-14-9-18(10-15-29)20(24)30/h7-8,13,18,31H,4-6,9-12,14-17H2,1-3H3,(H2,24,30)(H2,25,27,28). The summed E-state index contributed by atoms with van der Waals surface area (Å²) in [6.07, 6.45) is 6.72. The highest BCUT2D eigenvalue weighted by Gasteiger charge is 2.26. The van der Waals surface area contributed by atoms with E-state index in [0.29, 0.717) is 19.0 Å². The van der Waals surface area contributed by atoms with E-state index in [2.05, 4.69) is 34.4 Å². The Morgan fingerprint density at radius 2 is 1.94 bits per heavy atom. The third-order valence-electron chi connectivity index (χ3n) is 5.83. The van der Waals surface area contributed by atoms with Gasteiger partial charge >= 0.3 is 0 Å². The number of nitrogens with zero attached hydrogens (tertiary/aromatic N) is 3. The summed E-state index contributed by atoms with van der Waals surface area (Å²) >= 11 is 0. The highest BCUT2D eigenvalue weighted by atomic mass is 16.3. The average Bonchev–Trinajstić information content (AvgIpc) is 2.76. The number of piperidine rings is 1. The third-order valence-corrected chi connectivity index (χ3v) is 5.83. The number of anilines is 1. The second kappa shape index (κ2) is 12.5. The van der Waals surface area contributed by atoms with Gasteiger partial charge in [-0.1, -0.05) is 32.8 Å². The molecule has 0 aliphatic carbocycles. The van der Waals surface area contributed by atoms with Gasteiger partial charge in [0.05, 0.1) is 12.1 Å².